The maximum Gasteiger partial charge on any atom is 0.251 e. The summed E-state index contributed by atoms with van der Waals surface area (Å²) < 4.78 is 10.3. The van der Waals surface area contributed by atoms with E-state index >= 15 is 0 Å². The van der Waals surface area contributed by atoms with Crippen molar-refractivity contribution in [2.75, 3.05) is 7.11 Å². The SMILES string of the molecule is COc1ccc(C(=O)NCc2noc(Cc3ccccc3)n2)cc1C#N. The van der Waals surface area contributed by atoms with Crippen molar-refractivity contribution in [2.45, 2.75) is 13.0 Å². The predicted octanol–water partition coefficient (Wildman–Crippen LogP) is 2.47. The molecular weight excluding hydrogens is 332 g/mol. The second-order valence-corrected chi connectivity index (χ2v) is 5.48. The molecule has 0 saturated carbocycles. The van der Waals surface area contributed by atoms with E-state index in [1.807, 2.05) is 36.4 Å². The summed E-state index contributed by atoms with van der Waals surface area (Å²) in [6.07, 6.45) is 0.534. The Kier molecular flexibility index (Phi) is 5.25. The molecule has 130 valence electrons. The van der Waals surface area contributed by atoms with Crippen LogP contribution in [0.3, 0.4) is 0 Å². The van der Waals surface area contributed by atoms with Crippen molar-refractivity contribution in [3.8, 4) is 11.8 Å². The lowest BCUT2D eigenvalue weighted by Gasteiger charge is -2.06. The largest absolute Gasteiger partial charge is 0.495 e. The molecule has 1 amide bonds. The molecule has 0 spiro atoms. The van der Waals surface area contributed by atoms with E-state index in [-0.39, 0.29) is 12.5 Å². The molecule has 0 saturated heterocycles. The van der Waals surface area contributed by atoms with E-state index in [1.54, 1.807) is 12.1 Å². The van der Waals surface area contributed by atoms with Gasteiger partial charge in [0, 0.05) is 5.56 Å². The first-order valence-corrected chi connectivity index (χ1v) is 7.91. The van der Waals surface area contributed by atoms with Crippen molar-refractivity contribution in [1.29, 1.82) is 5.26 Å². The van der Waals surface area contributed by atoms with Crippen molar-refractivity contribution in [1.82, 2.24) is 15.5 Å². The van der Waals surface area contributed by atoms with Gasteiger partial charge in [0.2, 0.25) is 5.89 Å². The van der Waals surface area contributed by atoms with Crippen LogP contribution in [-0.4, -0.2) is 23.2 Å². The Morgan fingerprint density at radius 2 is 2.08 bits per heavy atom. The lowest BCUT2D eigenvalue weighted by molar-refractivity contribution is 0.0949. The van der Waals surface area contributed by atoms with Crippen molar-refractivity contribution >= 4 is 5.91 Å². The number of hydrogen-bond donors (Lipinski definition) is 1. The molecule has 7 nitrogen and oxygen atoms in total. The highest BCUT2D eigenvalue weighted by molar-refractivity contribution is 5.94. The zero-order valence-electron chi connectivity index (χ0n) is 14.1. The molecule has 1 N–H and O–H groups in total. The maximum atomic E-state index is 12.2. The summed E-state index contributed by atoms with van der Waals surface area (Å²) in [7, 11) is 1.47. The fourth-order valence-corrected chi connectivity index (χ4v) is 2.40. The predicted molar refractivity (Wildman–Crippen MR) is 92.4 cm³/mol. The van der Waals surface area contributed by atoms with Crippen molar-refractivity contribution in [2.24, 2.45) is 0 Å². The number of carbonyl (C=O) groups is 1. The number of rotatable bonds is 6. The molecule has 1 aromatic heterocycles. The molecule has 7 heteroatoms. The molecule has 0 aliphatic heterocycles. The van der Waals surface area contributed by atoms with Gasteiger partial charge in [0.25, 0.3) is 5.91 Å². The highest BCUT2D eigenvalue weighted by Crippen LogP contribution is 2.18. The number of benzene rings is 2. The van der Waals surface area contributed by atoms with Gasteiger partial charge in [-0.25, -0.2) is 0 Å². The van der Waals surface area contributed by atoms with Crippen LogP contribution < -0.4 is 10.1 Å². The summed E-state index contributed by atoms with van der Waals surface area (Å²) in [6, 6.07) is 16.4. The third-order valence-corrected chi connectivity index (χ3v) is 3.70. The van der Waals surface area contributed by atoms with Gasteiger partial charge >= 0.3 is 0 Å². The average Bonchev–Trinajstić information content (AvgIpc) is 3.13. The summed E-state index contributed by atoms with van der Waals surface area (Å²) in [5.74, 6) is 0.960. The summed E-state index contributed by atoms with van der Waals surface area (Å²) in [4.78, 5) is 16.5. The summed E-state index contributed by atoms with van der Waals surface area (Å²) >= 11 is 0. The number of ether oxygens (including phenoxy) is 1. The lowest BCUT2D eigenvalue weighted by Crippen LogP contribution is -2.23. The Hall–Kier alpha value is -3.66. The molecule has 0 unspecified atom stereocenters. The van der Waals surface area contributed by atoms with Gasteiger partial charge in [0.15, 0.2) is 5.82 Å². The third-order valence-electron chi connectivity index (χ3n) is 3.70. The summed E-state index contributed by atoms with van der Waals surface area (Å²) in [6.45, 7) is 0.130. The monoisotopic (exact) mass is 348 g/mol. The van der Waals surface area contributed by atoms with Crippen molar-refractivity contribution < 1.29 is 14.1 Å². The molecule has 0 atom stereocenters. The van der Waals surface area contributed by atoms with E-state index in [0.29, 0.717) is 35.0 Å². The van der Waals surface area contributed by atoms with Crippen LogP contribution >= 0.6 is 0 Å². The molecule has 2 aromatic carbocycles. The molecule has 0 fully saturated rings. The van der Waals surface area contributed by atoms with Crippen LogP contribution in [0.4, 0.5) is 0 Å². The van der Waals surface area contributed by atoms with E-state index in [2.05, 4.69) is 15.5 Å². The Bertz CT molecular complexity index is 945. The maximum absolute atomic E-state index is 12.2. The smallest absolute Gasteiger partial charge is 0.251 e. The summed E-state index contributed by atoms with van der Waals surface area (Å²) in [5.41, 5.74) is 1.72. The minimum atomic E-state index is -0.335. The minimum absolute atomic E-state index is 0.130. The van der Waals surface area contributed by atoms with Gasteiger partial charge in [-0.05, 0) is 23.8 Å². The first kappa shape index (κ1) is 17.2. The molecule has 3 rings (SSSR count). The average molecular weight is 348 g/mol. The first-order chi connectivity index (χ1) is 12.7. The van der Waals surface area contributed by atoms with Crippen molar-refractivity contribution in [3.63, 3.8) is 0 Å². The van der Waals surface area contributed by atoms with Gasteiger partial charge in [-0.2, -0.15) is 10.2 Å². The number of amides is 1. The van der Waals surface area contributed by atoms with Gasteiger partial charge in [0.05, 0.1) is 25.6 Å². The molecule has 0 bridgehead atoms. The number of nitriles is 1. The molecule has 0 aliphatic rings. The molecular formula is C19H16N4O3. The van der Waals surface area contributed by atoms with Crippen LogP contribution in [0.2, 0.25) is 0 Å². The van der Waals surface area contributed by atoms with Crippen LogP contribution in [0.5, 0.6) is 5.75 Å². The van der Waals surface area contributed by atoms with Crippen LogP contribution in [0.25, 0.3) is 0 Å². The molecule has 26 heavy (non-hydrogen) atoms. The molecule has 0 aliphatic carbocycles. The zero-order valence-corrected chi connectivity index (χ0v) is 14.1. The van der Waals surface area contributed by atoms with Crippen LogP contribution in [-0.2, 0) is 13.0 Å². The number of aromatic nitrogens is 2. The summed E-state index contributed by atoms with van der Waals surface area (Å²) in [5, 5.41) is 15.7. The van der Waals surface area contributed by atoms with E-state index in [0.717, 1.165) is 5.56 Å². The first-order valence-electron chi connectivity index (χ1n) is 7.91. The Morgan fingerprint density at radius 1 is 1.27 bits per heavy atom. The minimum Gasteiger partial charge on any atom is -0.495 e. The second-order valence-electron chi connectivity index (χ2n) is 5.48. The standard InChI is InChI=1S/C19H16N4O3/c1-25-16-8-7-14(10-15(16)11-20)19(24)21-12-17-22-18(26-23-17)9-13-5-3-2-4-6-13/h2-8,10H,9,12H2,1H3,(H,21,24). The number of methoxy groups -OCH3 is 1. The molecule has 1 heterocycles. The van der Waals surface area contributed by atoms with Gasteiger partial charge in [0.1, 0.15) is 11.8 Å². The fraction of sp³-hybridized carbons (Fsp3) is 0.158. The normalized spacial score (nSPS) is 10.2. The number of nitrogens with zero attached hydrogens (tertiary/aromatic N) is 3. The topological polar surface area (TPSA) is 101 Å². The zero-order chi connectivity index (χ0) is 18.4. The molecule has 3 aromatic rings. The molecule has 0 radical (unpaired) electrons. The van der Waals surface area contributed by atoms with E-state index < -0.39 is 0 Å². The lowest BCUT2D eigenvalue weighted by atomic mass is 10.1. The van der Waals surface area contributed by atoms with Gasteiger partial charge in [-0.3, -0.25) is 4.79 Å². The van der Waals surface area contributed by atoms with Crippen LogP contribution in [0.15, 0.2) is 53.1 Å². The van der Waals surface area contributed by atoms with Crippen molar-refractivity contribution in [3.05, 3.63) is 76.9 Å². The highest BCUT2D eigenvalue weighted by atomic mass is 16.5. The Balaban J connectivity index is 1.61. The Labute approximate surface area is 150 Å². The van der Waals surface area contributed by atoms with E-state index in [9.17, 15) is 4.79 Å². The second kappa shape index (κ2) is 7.94. The fourth-order valence-electron chi connectivity index (χ4n) is 2.40. The van der Waals surface area contributed by atoms with E-state index in [4.69, 9.17) is 14.5 Å². The number of nitrogens with one attached hydrogen (secondary N) is 1. The highest BCUT2D eigenvalue weighted by Gasteiger charge is 2.12. The van der Waals surface area contributed by atoms with Crippen LogP contribution in [0, 0.1) is 11.3 Å². The van der Waals surface area contributed by atoms with Gasteiger partial charge < -0.3 is 14.6 Å². The third kappa shape index (κ3) is 4.05. The number of carbonyl (C=O) groups excluding carboxylic acids is 1. The van der Waals surface area contributed by atoms with E-state index in [1.165, 1.54) is 13.2 Å². The Morgan fingerprint density at radius 3 is 2.81 bits per heavy atom. The van der Waals surface area contributed by atoms with Gasteiger partial charge in [-0.1, -0.05) is 35.5 Å². The number of hydrogen-bond acceptors (Lipinski definition) is 6. The van der Waals surface area contributed by atoms with Gasteiger partial charge in [-0.15, -0.1) is 0 Å². The quantitative estimate of drug-likeness (QED) is 0.734. The van der Waals surface area contributed by atoms with Crippen LogP contribution in [0.1, 0.15) is 33.2 Å².